The Kier molecular flexibility index (Phi) is 4.53. The number of benzene rings is 1. The number of amides is 1. The maximum atomic E-state index is 12.2. The molecule has 1 aromatic carbocycles. The van der Waals surface area contributed by atoms with Gasteiger partial charge < -0.3 is 16.0 Å². The molecule has 1 aliphatic heterocycles. The average Bonchev–Trinajstić information content (AvgIpc) is 2.41. The summed E-state index contributed by atoms with van der Waals surface area (Å²) in [5.41, 5.74) is 8.33. The third-order valence-corrected chi connectivity index (χ3v) is 4.03. The molecule has 0 saturated carbocycles. The summed E-state index contributed by atoms with van der Waals surface area (Å²) in [5, 5.41) is 2.88. The quantitative estimate of drug-likeness (QED) is 0.834. The van der Waals surface area contributed by atoms with Crippen LogP contribution in [0, 0.1) is 5.92 Å². The van der Waals surface area contributed by atoms with Crippen molar-refractivity contribution in [1.82, 2.24) is 5.32 Å². The molecule has 4 heteroatoms. The van der Waals surface area contributed by atoms with E-state index in [9.17, 15) is 4.79 Å². The van der Waals surface area contributed by atoms with E-state index in [0.29, 0.717) is 24.2 Å². The first kappa shape index (κ1) is 14.7. The second-order valence-corrected chi connectivity index (χ2v) is 5.82. The first-order valence-corrected chi connectivity index (χ1v) is 7.47. The predicted molar refractivity (Wildman–Crippen MR) is 84.1 cm³/mol. The number of carbonyl (C=O) groups excluding carboxylic acids is 1. The van der Waals surface area contributed by atoms with Gasteiger partial charge in [0.15, 0.2) is 0 Å². The molecule has 1 aromatic rings. The van der Waals surface area contributed by atoms with E-state index in [-0.39, 0.29) is 5.91 Å². The summed E-state index contributed by atoms with van der Waals surface area (Å²) in [6.45, 7) is 8.03. The van der Waals surface area contributed by atoms with Gasteiger partial charge in [0, 0.05) is 24.8 Å². The molecular formula is C16H25N3O. The zero-order chi connectivity index (χ0) is 14.7. The summed E-state index contributed by atoms with van der Waals surface area (Å²) in [6, 6.07) is 6.01. The third-order valence-electron chi connectivity index (χ3n) is 4.03. The topological polar surface area (TPSA) is 58.4 Å². The van der Waals surface area contributed by atoms with Crippen molar-refractivity contribution in [2.24, 2.45) is 5.92 Å². The summed E-state index contributed by atoms with van der Waals surface area (Å²) >= 11 is 0. The predicted octanol–water partition coefficient (Wildman–Crippen LogP) is 2.64. The molecule has 4 nitrogen and oxygen atoms in total. The van der Waals surface area contributed by atoms with Gasteiger partial charge in [-0.05, 0) is 50.8 Å². The van der Waals surface area contributed by atoms with Crippen molar-refractivity contribution < 1.29 is 4.79 Å². The minimum Gasteiger partial charge on any atom is -0.399 e. The number of carbonyl (C=O) groups is 1. The number of nitrogens with one attached hydrogen (secondary N) is 1. The van der Waals surface area contributed by atoms with Crippen molar-refractivity contribution in [3.05, 3.63) is 23.8 Å². The van der Waals surface area contributed by atoms with Gasteiger partial charge in [0.05, 0.1) is 11.3 Å². The van der Waals surface area contributed by atoms with Gasteiger partial charge >= 0.3 is 0 Å². The SMILES string of the molecule is CCNC(=O)c1ccc(N)cc1N1CC(C)CCC1C. The number of nitrogen functional groups attached to an aromatic ring is 1. The third kappa shape index (κ3) is 3.06. The molecule has 1 aliphatic rings. The fraction of sp³-hybridized carbons (Fsp3) is 0.562. The van der Waals surface area contributed by atoms with Gasteiger partial charge in [-0.1, -0.05) is 6.92 Å². The number of anilines is 2. The van der Waals surface area contributed by atoms with E-state index in [2.05, 4.69) is 24.1 Å². The zero-order valence-corrected chi connectivity index (χ0v) is 12.6. The van der Waals surface area contributed by atoms with Gasteiger partial charge in [0.1, 0.15) is 0 Å². The minimum absolute atomic E-state index is 0.0204. The van der Waals surface area contributed by atoms with Crippen molar-refractivity contribution in [2.75, 3.05) is 23.7 Å². The zero-order valence-electron chi connectivity index (χ0n) is 12.6. The van der Waals surface area contributed by atoms with E-state index < -0.39 is 0 Å². The lowest BCUT2D eigenvalue weighted by molar-refractivity contribution is 0.0956. The standard InChI is InChI=1S/C16H25N3O/c1-4-18-16(20)14-8-7-13(17)9-15(14)19-10-11(2)5-6-12(19)3/h7-9,11-12H,4-6,10,17H2,1-3H3,(H,18,20). The molecule has 0 aromatic heterocycles. The summed E-state index contributed by atoms with van der Waals surface area (Å²) in [4.78, 5) is 14.6. The van der Waals surface area contributed by atoms with Crippen molar-refractivity contribution in [1.29, 1.82) is 0 Å². The number of hydrogen-bond donors (Lipinski definition) is 2. The van der Waals surface area contributed by atoms with Crippen molar-refractivity contribution in [3.63, 3.8) is 0 Å². The van der Waals surface area contributed by atoms with Crippen LogP contribution in [0.25, 0.3) is 0 Å². The van der Waals surface area contributed by atoms with Crippen LogP contribution in [0.5, 0.6) is 0 Å². The summed E-state index contributed by atoms with van der Waals surface area (Å²) in [6.07, 6.45) is 2.40. The number of rotatable bonds is 3. The molecule has 1 amide bonds. The minimum atomic E-state index is -0.0204. The van der Waals surface area contributed by atoms with Gasteiger partial charge in [0.2, 0.25) is 0 Å². The molecule has 2 rings (SSSR count). The van der Waals surface area contributed by atoms with Gasteiger partial charge in [-0.15, -0.1) is 0 Å². The fourth-order valence-corrected chi connectivity index (χ4v) is 2.86. The number of hydrogen-bond acceptors (Lipinski definition) is 3. The molecule has 2 atom stereocenters. The monoisotopic (exact) mass is 275 g/mol. The highest BCUT2D eigenvalue weighted by atomic mass is 16.1. The van der Waals surface area contributed by atoms with Crippen LogP contribution in [0.4, 0.5) is 11.4 Å². The lowest BCUT2D eigenvalue weighted by atomic mass is 9.93. The van der Waals surface area contributed by atoms with Crippen LogP contribution in [0.2, 0.25) is 0 Å². The summed E-state index contributed by atoms with van der Waals surface area (Å²) in [5.74, 6) is 0.627. The Hall–Kier alpha value is -1.71. The van der Waals surface area contributed by atoms with Crippen molar-refractivity contribution >= 4 is 17.3 Å². The lowest BCUT2D eigenvalue weighted by Gasteiger charge is -2.39. The second-order valence-electron chi connectivity index (χ2n) is 5.82. The molecular weight excluding hydrogens is 250 g/mol. The van der Waals surface area contributed by atoms with Crippen LogP contribution in [-0.4, -0.2) is 25.0 Å². The van der Waals surface area contributed by atoms with Gasteiger partial charge in [-0.25, -0.2) is 0 Å². The van der Waals surface area contributed by atoms with Crippen LogP contribution in [-0.2, 0) is 0 Å². The van der Waals surface area contributed by atoms with E-state index in [1.807, 2.05) is 19.1 Å². The fourth-order valence-electron chi connectivity index (χ4n) is 2.86. The summed E-state index contributed by atoms with van der Waals surface area (Å²) in [7, 11) is 0. The van der Waals surface area contributed by atoms with Crippen molar-refractivity contribution in [2.45, 2.75) is 39.7 Å². The maximum absolute atomic E-state index is 12.2. The van der Waals surface area contributed by atoms with Crippen LogP contribution in [0.15, 0.2) is 18.2 Å². The van der Waals surface area contributed by atoms with Gasteiger partial charge in [-0.2, -0.15) is 0 Å². The van der Waals surface area contributed by atoms with Crippen LogP contribution in [0.3, 0.4) is 0 Å². The van der Waals surface area contributed by atoms with Crippen molar-refractivity contribution in [3.8, 4) is 0 Å². The van der Waals surface area contributed by atoms with E-state index in [1.165, 1.54) is 6.42 Å². The van der Waals surface area contributed by atoms with E-state index in [1.54, 1.807) is 6.07 Å². The number of nitrogens with two attached hydrogens (primary N) is 1. The highest BCUT2D eigenvalue weighted by Gasteiger charge is 2.26. The largest absolute Gasteiger partial charge is 0.399 e. The molecule has 0 spiro atoms. The normalized spacial score (nSPS) is 22.6. The Bertz CT molecular complexity index is 487. The molecule has 0 aliphatic carbocycles. The molecule has 1 saturated heterocycles. The number of piperidine rings is 1. The van der Waals surface area contributed by atoms with E-state index in [4.69, 9.17) is 5.73 Å². The first-order chi connectivity index (χ1) is 9.52. The second kappa shape index (κ2) is 6.16. The molecule has 20 heavy (non-hydrogen) atoms. The van der Waals surface area contributed by atoms with Gasteiger partial charge in [0.25, 0.3) is 5.91 Å². The number of nitrogens with zero attached hydrogens (tertiary/aromatic N) is 1. The molecule has 110 valence electrons. The Balaban J connectivity index is 2.37. The highest BCUT2D eigenvalue weighted by Crippen LogP contribution is 2.31. The molecule has 1 heterocycles. The molecule has 1 fully saturated rings. The van der Waals surface area contributed by atoms with E-state index in [0.717, 1.165) is 24.2 Å². The van der Waals surface area contributed by atoms with Crippen LogP contribution in [0.1, 0.15) is 44.0 Å². The highest BCUT2D eigenvalue weighted by molar-refractivity contribution is 6.00. The Morgan fingerprint density at radius 3 is 2.85 bits per heavy atom. The first-order valence-electron chi connectivity index (χ1n) is 7.47. The molecule has 3 N–H and O–H groups in total. The smallest absolute Gasteiger partial charge is 0.253 e. The Morgan fingerprint density at radius 1 is 1.40 bits per heavy atom. The van der Waals surface area contributed by atoms with Gasteiger partial charge in [-0.3, -0.25) is 4.79 Å². The average molecular weight is 275 g/mol. The maximum Gasteiger partial charge on any atom is 0.253 e. The molecule has 0 bridgehead atoms. The van der Waals surface area contributed by atoms with Crippen LogP contribution >= 0.6 is 0 Å². The lowest BCUT2D eigenvalue weighted by Crippen LogP contribution is -2.42. The summed E-state index contributed by atoms with van der Waals surface area (Å²) < 4.78 is 0. The molecule has 0 radical (unpaired) electrons. The Labute approximate surface area is 121 Å². The Morgan fingerprint density at radius 2 is 2.15 bits per heavy atom. The van der Waals surface area contributed by atoms with Crippen LogP contribution < -0.4 is 16.0 Å². The van der Waals surface area contributed by atoms with E-state index >= 15 is 0 Å². The molecule has 2 unspecified atom stereocenters.